The average molecular weight is 742 g/mol. The van der Waals surface area contributed by atoms with Crippen molar-refractivity contribution in [3.63, 3.8) is 0 Å². The Balaban J connectivity index is 0.000000194. The van der Waals surface area contributed by atoms with E-state index in [0.29, 0.717) is 28.2 Å². The molecule has 20 heteroatoms. The molecular formula is C31H26F3N9O6S2. The first kappa shape index (κ1) is 37.7. The third kappa shape index (κ3) is 12.0. The number of halogens is 3. The van der Waals surface area contributed by atoms with Crippen molar-refractivity contribution in [1.82, 2.24) is 44.6 Å². The normalized spacial score (nSPS) is 11.0. The lowest BCUT2D eigenvalue weighted by Crippen LogP contribution is -2.30. The quantitative estimate of drug-likeness (QED) is 0.215. The Morgan fingerprint density at radius 2 is 1.35 bits per heavy atom. The van der Waals surface area contributed by atoms with E-state index in [1.807, 2.05) is 4.72 Å². The monoisotopic (exact) mass is 741 g/mol. The van der Waals surface area contributed by atoms with E-state index < -0.39 is 54.8 Å². The van der Waals surface area contributed by atoms with Crippen molar-refractivity contribution in [2.75, 3.05) is 18.3 Å². The van der Waals surface area contributed by atoms with Crippen LogP contribution in [-0.2, 0) is 19.9 Å². The van der Waals surface area contributed by atoms with Gasteiger partial charge in [0.15, 0.2) is 15.6 Å². The van der Waals surface area contributed by atoms with Crippen molar-refractivity contribution in [3.8, 4) is 28.2 Å². The number of aromatic nitrogens is 8. The molecule has 0 unspecified atom stereocenters. The molecule has 0 radical (unpaired) electrons. The van der Waals surface area contributed by atoms with Crippen molar-refractivity contribution in [2.24, 2.45) is 0 Å². The summed E-state index contributed by atoms with van der Waals surface area (Å²) in [6, 6.07) is 11.5. The zero-order valence-corrected chi connectivity index (χ0v) is 28.1. The molecule has 0 bridgehead atoms. The number of sulfone groups is 1. The summed E-state index contributed by atoms with van der Waals surface area (Å²) in [5, 5.41) is 10.5. The van der Waals surface area contributed by atoms with Crippen LogP contribution in [0.1, 0.15) is 21.0 Å². The summed E-state index contributed by atoms with van der Waals surface area (Å²) >= 11 is 0. The van der Waals surface area contributed by atoms with Crippen molar-refractivity contribution in [2.45, 2.75) is 0 Å². The molecule has 0 aliphatic rings. The van der Waals surface area contributed by atoms with Crippen molar-refractivity contribution >= 4 is 31.6 Å². The van der Waals surface area contributed by atoms with Gasteiger partial charge in [-0.2, -0.15) is 10.2 Å². The number of hydrogen-bond donors (Lipinski definition) is 2. The summed E-state index contributed by atoms with van der Waals surface area (Å²) < 4.78 is 84.7. The number of H-pyrrole nitrogens is 1. The molecule has 51 heavy (non-hydrogen) atoms. The molecule has 0 aromatic carbocycles. The number of Topliss-reactive ketones (excluding diaryl/α,β-unsaturated/α-hetero) is 1. The highest BCUT2D eigenvalue weighted by atomic mass is 32.2. The highest BCUT2D eigenvalue weighted by molar-refractivity contribution is 7.91. The van der Waals surface area contributed by atoms with Crippen LogP contribution in [0.4, 0.5) is 13.2 Å². The van der Waals surface area contributed by atoms with Crippen molar-refractivity contribution < 1.29 is 39.6 Å². The molecule has 6 heterocycles. The summed E-state index contributed by atoms with van der Waals surface area (Å²) in [5.41, 5.74) is 2.82. The minimum absolute atomic E-state index is 0.0270. The van der Waals surface area contributed by atoms with Gasteiger partial charge in [0, 0.05) is 41.9 Å². The van der Waals surface area contributed by atoms with Crippen LogP contribution in [-0.4, -0.2) is 86.7 Å². The summed E-state index contributed by atoms with van der Waals surface area (Å²) in [6.07, 6.45) is 12.7. The highest BCUT2D eigenvalue weighted by Gasteiger charge is 2.16. The van der Waals surface area contributed by atoms with Gasteiger partial charge in [0.1, 0.15) is 34.6 Å². The number of carbonyl (C=O) groups is 2. The maximum absolute atomic E-state index is 13.3. The van der Waals surface area contributed by atoms with Gasteiger partial charge in [-0.15, -0.1) is 0 Å². The Hall–Kier alpha value is -6.15. The standard InChI is InChI=1S/C16H13FN4O3S.C10H10N4O3S.C5H3F2N/c1-25(23,24)10-16(22)15-4-2-3-14(20-15)11-6-19-21(9-11)13-5-12(17)7-18-8-13;1-18(16,17)14-10(15)9-4-2-3-8(13-9)7-5-11-12-6-7;6-4-1-5(7)3-8-2-4/h2-9H,10H2,1H3;2-6H,1H3,(H,11,12)(H,14,15);1-3H. The lowest BCUT2D eigenvalue weighted by molar-refractivity contribution is 0.0975. The Morgan fingerprint density at radius 1 is 0.765 bits per heavy atom. The number of aromatic amines is 1. The third-order valence-electron chi connectivity index (χ3n) is 5.99. The predicted octanol–water partition coefficient (Wildman–Crippen LogP) is 3.22. The number of rotatable bonds is 8. The largest absolute Gasteiger partial charge is 0.291 e. The fourth-order valence-corrected chi connectivity index (χ4v) is 4.97. The van der Waals surface area contributed by atoms with Crippen LogP contribution in [0.3, 0.4) is 0 Å². The second-order valence-corrected chi connectivity index (χ2v) is 14.2. The van der Waals surface area contributed by atoms with Gasteiger partial charge >= 0.3 is 0 Å². The number of nitrogens with zero attached hydrogens (tertiary/aromatic N) is 7. The third-order valence-corrected chi connectivity index (χ3v) is 7.33. The van der Waals surface area contributed by atoms with Crippen LogP contribution in [0, 0.1) is 17.5 Å². The first-order valence-electron chi connectivity index (χ1n) is 14.1. The number of sulfonamides is 1. The molecule has 15 nitrogen and oxygen atoms in total. The smallest absolute Gasteiger partial charge is 0.283 e. The lowest BCUT2D eigenvalue weighted by Gasteiger charge is -2.03. The van der Waals surface area contributed by atoms with Gasteiger partial charge in [0.05, 0.1) is 60.5 Å². The summed E-state index contributed by atoms with van der Waals surface area (Å²) in [5.74, 6) is -3.72. The molecule has 0 saturated heterocycles. The molecule has 0 atom stereocenters. The zero-order valence-electron chi connectivity index (χ0n) is 26.5. The van der Waals surface area contributed by atoms with Crippen LogP contribution >= 0.6 is 0 Å². The Morgan fingerprint density at radius 3 is 1.90 bits per heavy atom. The van der Waals surface area contributed by atoms with E-state index in [1.165, 1.54) is 35.3 Å². The number of nitrogens with one attached hydrogen (secondary N) is 2. The fraction of sp³-hybridized carbons (Fsp3) is 0.0968. The van der Waals surface area contributed by atoms with Crippen LogP contribution in [0.15, 0.2) is 98.1 Å². The van der Waals surface area contributed by atoms with Gasteiger partial charge in [-0.1, -0.05) is 12.1 Å². The SMILES string of the molecule is CS(=O)(=O)CC(=O)c1cccc(-c2cnn(-c3cncc(F)c3)c2)n1.CS(=O)(=O)NC(=O)c1cccc(-c2cn[nH]c2)n1.Fc1cncc(F)c1. The van der Waals surface area contributed by atoms with Crippen LogP contribution < -0.4 is 4.72 Å². The first-order valence-corrected chi connectivity index (χ1v) is 18.1. The fourth-order valence-electron chi connectivity index (χ4n) is 3.90. The molecule has 6 aromatic rings. The second kappa shape index (κ2) is 16.5. The van der Waals surface area contributed by atoms with Gasteiger partial charge in [-0.05, 0) is 24.3 Å². The van der Waals surface area contributed by atoms with E-state index in [9.17, 15) is 39.6 Å². The molecular weight excluding hydrogens is 716 g/mol. The molecule has 6 rings (SSSR count). The van der Waals surface area contributed by atoms with Gasteiger partial charge in [-0.3, -0.25) is 24.7 Å². The van der Waals surface area contributed by atoms with E-state index in [-0.39, 0.29) is 11.4 Å². The van der Waals surface area contributed by atoms with Crippen molar-refractivity contribution in [3.05, 3.63) is 127 Å². The molecule has 1 amide bonds. The van der Waals surface area contributed by atoms with E-state index >= 15 is 0 Å². The van der Waals surface area contributed by atoms with Gasteiger partial charge in [0.25, 0.3) is 5.91 Å². The average Bonchev–Trinajstić information content (AvgIpc) is 3.78. The van der Waals surface area contributed by atoms with E-state index in [1.54, 1.807) is 42.9 Å². The van der Waals surface area contributed by atoms with Gasteiger partial charge in [-0.25, -0.2) is 49.4 Å². The van der Waals surface area contributed by atoms with Crippen LogP contribution in [0.5, 0.6) is 0 Å². The van der Waals surface area contributed by atoms with Crippen LogP contribution in [0.2, 0.25) is 0 Å². The number of pyridine rings is 4. The molecule has 264 valence electrons. The minimum atomic E-state index is -3.60. The Kier molecular flexibility index (Phi) is 12.2. The summed E-state index contributed by atoms with van der Waals surface area (Å²) in [7, 11) is -7.03. The van der Waals surface area contributed by atoms with Gasteiger partial charge in [0.2, 0.25) is 10.0 Å². The zero-order chi connectivity index (χ0) is 37.2. The van der Waals surface area contributed by atoms with Crippen LogP contribution in [0.25, 0.3) is 28.2 Å². The topological polar surface area (TPSA) is 213 Å². The molecule has 0 spiro atoms. The predicted molar refractivity (Wildman–Crippen MR) is 177 cm³/mol. The van der Waals surface area contributed by atoms with E-state index in [2.05, 4.69) is 35.2 Å². The first-order chi connectivity index (χ1) is 24.1. The molecule has 6 aromatic heterocycles. The summed E-state index contributed by atoms with van der Waals surface area (Å²) in [4.78, 5) is 38.9. The number of ketones is 1. The Bertz CT molecular complexity index is 2360. The highest BCUT2D eigenvalue weighted by Crippen LogP contribution is 2.19. The van der Waals surface area contributed by atoms with E-state index in [4.69, 9.17) is 0 Å². The summed E-state index contributed by atoms with van der Waals surface area (Å²) in [6.45, 7) is 0. The second-order valence-electron chi connectivity index (χ2n) is 10.4. The molecule has 0 fully saturated rings. The van der Waals surface area contributed by atoms with E-state index in [0.717, 1.165) is 37.2 Å². The number of carbonyl (C=O) groups excluding carboxylic acids is 2. The molecule has 0 saturated carbocycles. The Labute approximate surface area is 288 Å². The molecule has 0 aliphatic carbocycles. The number of hydrogen-bond acceptors (Lipinski definition) is 12. The molecule has 0 aliphatic heterocycles. The minimum Gasteiger partial charge on any atom is -0.291 e. The lowest BCUT2D eigenvalue weighted by atomic mass is 10.2. The number of amides is 1. The maximum atomic E-state index is 13.3. The van der Waals surface area contributed by atoms with Crippen molar-refractivity contribution in [1.29, 1.82) is 0 Å². The maximum Gasteiger partial charge on any atom is 0.283 e. The van der Waals surface area contributed by atoms with Gasteiger partial charge < -0.3 is 0 Å². The molecule has 2 N–H and O–H groups in total.